The molecular weight excluding hydrogens is 238 g/mol. The van der Waals surface area contributed by atoms with Crippen LogP contribution in [0.3, 0.4) is 0 Å². The summed E-state index contributed by atoms with van der Waals surface area (Å²) in [6, 6.07) is 0. The van der Waals surface area contributed by atoms with Crippen LogP contribution < -0.4 is 0 Å². The quantitative estimate of drug-likeness (QED) is 0.690. The van der Waals surface area contributed by atoms with Gasteiger partial charge in [-0.05, 0) is 0 Å². The number of hydrogen-bond acceptors (Lipinski definition) is 1. The van der Waals surface area contributed by atoms with E-state index in [9.17, 15) is 0 Å². The number of alkyl halides is 2. The van der Waals surface area contributed by atoms with Gasteiger partial charge in [0.05, 0.1) is 5.88 Å². The molecule has 7 heavy (non-hydrogen) atoms. The van der Waals surface area contributed by atoms with Crippen molar-refractivity contribution in [3.63, 3.8) is 0 Å². The van der Waals surface area contributed by atoms with Crippen LogP contribution in [0, 0.1) is 0 Å². The van der Waals surface area contributed by atoms with Crippen molar-refractivity contribution in [1.82, 2.24) is 0 Å². The fourth-order valence-electron chi connectivity index (χ4n) is 0. The van der Waals surface area contributed by atoms with Gasteiger partial charge < -0.3 is 5.11 Å². The maximum absolute atomic E-state index is 7.99. The molecule has 1 atom stereocenters. The molecule has 0 heterocycles. The number of hydrogen-bond donors (Lipinski definition) is 1. The van der Waals surface area contributed by atoms with E-state index in [1.807, 2.05) is 0 Å². The van der Waals surface area contributed by atoms with E-state index in [1.165, 1.54) is 0 Å². The minimum absolute atomic E-state index is 0.0988. The van der Waals surface area contributed by atoms with Crippen molar-refractivity contribution >= 4 is 31.7 Å². The molecule has 0 fully saturated rings. The van der Waals surface area contributed by atoms with Crippen molar-refractivity contribution in [2.24, 2.45) is 0 Å². The first-order valence-corrected chi connectivity index (χ1v) is 5.48. The Hall–Kier alpha value is 1.71. The van der Waals surface area contributed by atoms with E-state index < -0.39 is 5.56 Å². The van der Waals surface area contributed by atoms with E-state index in [0.29, 0.717) is 0 Å². The van der Waals surface area contributed by atoms with Crippen LogP contribution in [0.25, 0.3) is 0 Å². The number of aliphatic hydroxyl groups is 1. The molecule has 0 amide bonds. The molecule has 1 unspecified atom stereocenters. The van der Waals surface area contributed by atoms with Gasteiger partial charge >= 0.3 is 32.0 Å². The zero-order valence-corrected chi connectivity index (χ0v) is 8.09. The Labute approximate surface area is 71.3 Å². The first-order chi connectivity index (χ1) is 3.27. The van der Waals surface area contributed by atoms with Crippen LogP contribution in [0.1, 0.15) is 0 Å². The Kier molecular flexibility index (Phi) is 17.5. The third-order valence-electron chi connectivity index (χ3n) is 0.127. The summed E-state index contributed by atoms with van der Waals surface area (Å²) >= 11 is 10.9. The van der Waals surface area contributed by atoms with Crippen LogP contribution in [0.4, 0.5) is 0 Å². The van der Waals surface area contributed by atoms with Gasteiger partial charge in [-0.25, -0.2) is 0 Å². The van der Waals surface area contributed by atoms with Gasteiger partial charge in [0.25, 0.3) is 0 Å². The molecule has 43 valence electrons. The summed E-state index contributed by atoms with van der Waals surface area (Å²) in [6.45, 7) is 0. The molecule has 0 bridgehead atoms. The van der Waals surface area contributed by atoms with Crippen LogP contribution in [0.2, 0.25) is 0 Å². The minimum atomic E-state index is -0.878. The molecule has 0 spiro atoms. The fraction of sp³-hybridized carbons (Fsp3) is 1.00. The Balaban J connectivity index is 0. The van der Waals surface area contributed by atoms with Gasteiger partial charge in [-0.1, -0.05) is 11.6 Å². The van der Waals surface area contributed by atoms with Gasteiger partial charge in [-0.2, -0.15) is 0 Å². The van der Waals surface area contributed by atoms with Crippen LogP contribution in [0.5, 0.6) is 0 Å². The third-order valence-corrected chi connectivity index (χ3v) is 0.732. The molecule has 0 saturated heterocycles. The topological polar surface area (TPSA) is 20.2 Å². The molecule has 0 aromatic carbocycles. The zero-order chi connectivity index (χ0) is 6.28. The SMILES string of the molecule is OC(Cl)CCl.[Cl][Zr]. The van der Waals surface area contributed by atoms with Gasteiger partial charge in [-0.15, -0.1) is 11.6 Å². The molecule has 0 aliphatic rings. The standard InChI is InChI=1S/C2H4Cl2O.ClH.Zr/c3-1-2(4)5;;/h2,5H,1H2;1H;/q;;+1/p-1. The predicted molar refractivity (Wildman–Crippen MR) is 28.4 cm³/mol. The molecule has 1 N–H and O–H groups in total. The average Bonchev–Trinajstić information content (AvgIpc) is 1.73. The second-order valence-corrected chi connectivity index (χ2v) is 1.40. The second kappa shape index (κ2) is 10.6. The van der Waals surface area contributed by atoms with Gasteiger partial charge in [0, 0.05) is 0 Å². The summed E-state index contributed by atoms with van der Waals surface area (Å²) in [4.78, 5) is 0. The Bertz CT molecular complexity index is 26.9. The summed E-state index contributed by atoms with van der Waals surface area (Å²) < 4.78 is 0. The molecule has 5 heteroatoms. The molecule has 0 aromatic heterocycles. The summed E-state index contributed by atoms with van der Waals surface area (Å²) in [5.41, 5.74) is -0.878. The van der Waals surface area contributed by atoms with Crippen molar-refractivity contribution < 1.29 is 28.6 Å². The maximum atomic E-state index is 7.99. The summed E-state index contributed by atoms with van der Waals surface area (Å²) in [7, 11) is 4.73. The van der Waals surface area contributed by atoms with E-state index in [2.05, 4.69) is 0 Å². The number of aliphatic hydroxyl groups excluding tert-OH is 1. The van der Waals surface area contributed by atoms with Crippen LogP contribution in [-0.4, -0.2) is 16.5 Å². The van der Waals surface area contributed by atoms with Crippen LogP contribution >= 0.6 is 31.7 Å². The number of halogens is 3. The van der Waals surface area contributed by atoms with Gasteiger partial charge in [-0.3, -0.25) is 0 Å². The van der Waals surface area contributed by atoms with Gasteiger partial charge in [0.2, 0.25) is 0 Å². The zero-order valence-electron chi connectivity index (χ0n) is 3.37. The summed E-state index contributed by atoms with van der Waals surface area (Å²) in [5, 5.41) is 7.99. The monoisotopic (exact) mass is 239 g/mol. The van der Waals surface area contributed by atoms with Crippen molar-refractivity contribution in [3.8, 4) is 0 Å². The molecule has 0 radical (unpaired) electrons. The van der Waals surface area contributed by atoms with Gasteiger partial charge in [0.15, 0.2) is 0 Å². The first-order valence-electron chi connectivity index (χ1n) is 1.34. The Morgan fingerprint density at radius 3 is 1.71 bits per heavy atom. The van der Waals surface area contributed by atoms with Crippen molar-refractivity contribution in [3.05, 3.63) is 0 Å². The molecule has 0 aliphatic heterocycles. The molecule has 1 nitrogen and oxygen atoms in total. The van der Waals surface area contributed by atoms with Crippen LogP contribution in [-0.2, 0) is 23.5 Å². The average molecular weight is 242 g/mol. The Morgan fingerprint density at radius 1 is 1.57 bits per heavy atom. The molecule has 0 aliphatic carbocycles. The van der Waals surface area contributed by atoms with E-state index in [0.717, 1.165) is 23.5 Å². The van der Waals surface area contributed by atoms with E-state index in [4.69, 9.17) is 36.8 Å². The van der Waals surface area contributed by atoms with Gasteiger partial charge in [0.1, 0.15) is 5.56 Å². The summed E-state index contributed by atoms with van der Waals surface area (Å²) in [6.07, 6.45) is 0. The van der Waals surface area contributed by atoms with E-state index >= 15 is 0 Å². The Morgan fingerprint density at radius 2 is 1.71 bits per heavy atom. The second-order valence-electron chi connectivity index (χ2n) is 0.589. The molecular formula is C2H4Cl3OZr. The molecule has 0 aromatic rings. The number of rotatable bonds is 1. The predicted octanol–water partition coefficient (Wildman–Crippen LogP) is 1.47. The van der Waals surface area contributed by atoms with E-state index in [1.54, 1.807) is 0 Å². The first kappa shape index (κ1) is 11.5. The fourth-order valence-corrected chi connectivity index (χ4v) is 0. The van der Waals surface area contributed by atoms with Crippen molar-refractivity contribution in [2.45, 2.75) is 5.56 Å². The van der Waals surface area contributed by atoms with Crippen LogP contribution in [0.15, 0.2) is 0 Å². The van der Waals surface area contributed by atoms with Crippen molar-refractivity contribution in [2.75, 3.05) is 5.88 Å². The van der Waals surface area contributed by atoms with E-state index in [-0.39, 0.29) is 5.88 Å². The van der Waals surface area contributed by atoms with Crippen molar-refractivity contribution in [1.29, 1.82) is 0 Å². The third kappa shape index (κ3) is 18.3. The summed E-state index contributed by atoms with van der Waals surface area (Å²) in [5.74, 6) is 0.0988. The molecule has 0 saturated carbocycles. The molecule has 0 rings (SSSR count). The normalized spacial score (nSPS) is 11.3.